The highest BCUT2D eigenvalue weighted by Gasteiger charge is 2.20. The number of piperidine rings is 1. The van der Waals surface area contributed by atoms with Crippen LogP contribution in [0.3, 0.4) is 0 Å². The number of hydrogen-bond acceptors (Lipinski definition) is 6. The molecule has 1 aliphatic heterocycles. The molecule has 1 aromatic rings. The minimum Gasteiger partial charge on any atom is -0.491 e. The Kier molecular flexibility index (Phi) is 6.96. The molecule has 0 aliphatic carbocycles. The summed E-state index contributed by atoms with van der Waals surface area (Å²) in [4.78, 5) is 14.8. The van der Waals surface area contributed by atoms with Crippen LogP contribution in [0.4, 0.5) is 5.69 Å². The van der Waals surface area contributed by atoms with E-state index in [-0.39, 0.29) is 12.3 Å². The summed E-state index contributed by atoms with van der Waals surface area (Å²) in [6.07, 6.45) is 1.83. The fraction of sp³-hybridized carbons (Fsp3) is 0.647. The van der Waals surface area contributed by atoms with Crippen molar-refractivity contribution in [1.29, 1.82) is 0 Å². The van der Waals surface area contributed by atoms with Gasteiger partial charge in [0.2, 0.25) is 0 Å². The van der Waals surface area contributed by atoms with Crippen molar-refractivity contribution < 1.29 is 14.8 Å². The molecule has 0 amide bonds. The first-order valence-corrected chi connectivity index (χ1v) is 8.36. The maximum Gasteiger partial charge on any atom is 0.273 e. The summed E-state index contributed by atoms with van der Waals surface area (Å²) in [5, 5.41) is 20.9. The third-order valence-electron chi connectivity index (χ3n) is 4.29. The lowest BCUT2D eigenvalue weighted by Crippen LogP contribution is -2.41. The molecule has 7 heteroatoms. The van der Waals surface area contributed by atoms with E-state index in [2.05, 4.69) is 16.8 Å². The maximum atomic E-state index is 10.7. The van der Waals surface area contributed by atoms with Gasteiger partial charge in [0.25, 0.3) is 5.69 Å². The Bertz CT molecular complexity index is 540. The van der Waals surface area contributed by atoms with Crippen molar-refractivity contribution in [3.05, 3.63) is 34.4 Å². The number of benzene rings is 1. The van der Waals surface area contributed by atoms with E-state index in [4.69, 9.17) is 4.74 Å². The fourth-order valence-corrected chi connectivity index (χ4v) is 3.23. The Labute approximate surface area is 143 Å². The first kappa shape index (κ1) is 18.6. The largest absolute Gasteiger partial charge is 0.491 e. The molecule has 0 aromatic heterocycles. The second-order valence-electron chi connectivity index (χ2n) is 6.71. The quantitative estimate of drug-likeness (QED) is 0.573. The molecule has 1 N–H and O–H groups in total. The number of ether oxygens (including phenoxy) is 1. The van der Waals surface area contributed by atoms with E-state index >= 15 is 0 Å². The number of likely N-dealkylation sites (tertiary alicyclic amines) is 1. The number of hydrogen-bond donors (Lipinski definition) is 1. The summed E-state index contributed by atoms with van der Waals surface area (Å²) in [5.74, 6) is 1.04. The molecule has 2 unspecified atom stereocenters. The number of nitro benzene ring substituents is 1. The molecule has 0 radical (unpaired) electrons. The van der Waals surface area contributed by atoms with E-state index in [0.29, 0.717) is 18.2 Å². The van der Waals surface area contributed by atoms with Crippen LogP contribution in [0.1, 0.15) is 12.8 Å². The lowest BCUT2D eigenvalue weighted by atomic mass is 9.98. The second kappa shape index (κ2) is 8.96. The molecule has 1 fully saturated rings. The predicted molar refractivity (Wildman–Crippen MR) is 92.3 cm³/mol. The number of aliphatic hydroxyl groups is 1. The lowest BCUT2D eigenvalue weighted by Gasteiger charge is -2.32. The van der Waals surface area contributed by atoms with Gasteiger partial charge in [-0.1, -0.05) is 6.07 Å². The molecule has 1 aromatic carbocycles. The third kappa shape index (κ3) is 6.07. The zero-order valence-corrected chi connectivity index (χ0v) is 14.4. The van der Waals surface area contributed by atoms with Crippen LogP contribution in [0.15, 0.2) is 24.3 Å². The van der Waals surface area contributed by atoms with Crippen LogP contribution in [0.2, 0.25) is 0 Å². The van der Waals surface area contributed by atoms with Crippen LogP contribution in [-0.4, -0.2) is 72.8 Å². The topological polar surface area (TPSA) is 79.1 Å². The van der Waals surface area contributed by atoms with E-state index < -0.39 is 11.0 Å². The van der Waals surface area contributed by atoms with Crippen molar-refractivity contribution in [1.82, 2.24) is 9.80 Å². The second-order valence-corrected chi connectivity index (χ2v) is 6.71. The number of nitrogens with zero attached hydrogens (tertiary/aromatic N) is 3. The highest BCUT2D eigenvalue weighted by Crippen LogP contribution is 2.19. The standard InChI is InChI=1S/C17H27N3O4/c1-18-8-4-5-14(10-18)11-19(2)12-16(21)13-24-17-7-3-6-15(9-17)20(22)23/h3,6-7,9,14,16,21H,4-5,8,10-13H2,1-2H3. The van der Waals surface area contributed by atoms with Crippen molar-refractivity contribution in [2.24, 2.45) is 5.92 Å². The van der Waals surface area contributed by atoms with Crippen molar-refractivity contribution in [3.63, 3.8) is 0 Å². The van der Waals surface area contributed by atoms with Crippen molar-refractivity contribution in [2.45, 2.75) is 18.9 Å². The van der Waals surface area contributed by atoms with Gasteiger partial charge in [0.15, 0.2) is 0 Å². The van der Waals surface area contributed by atoms with Gasteiger partial charge in [-0.25, -0.2) is 0 Å². The van der Waals surface area contributed by atoms with Crippen molar-refractivity contribution in [2.75, 3.05) is 46.9 Å². The highest BCUT2D eigenvalue weighted by molar-refractivity contribution is 5.37. The molecule has 1 heterocycles. The molecule has 0 saturated carbocycles. The Morgan fingerprint density at radius 1 is 1.54 bits per heavy atom. The summed E-state index contributed by atoms with van der Waals surface area (Å²) < 4.78 is 5.48. The van der Waals surface area contributed by atoms with Crippen LogP contribution >= 0.6 is 0 Å². The number of aliphatic hydroxyl groups excluding tert-OH is 1. The molecule has 2 rings (SSSR count). The zero-order valence-electron chi connectivity index (χ0n) is 14.4. The van der Waals surface area contributed by atoms with Gasteiger partial charge < -0.3 is 19.6 Å². The summed E-state index contributed by atoms with van der Waals surface area (Å²) >= 11 is 0. The van der Waals surface area contributed by atoms with Gasteiger partial charge in [0, 0.05) is 25.7 Å². The van der Waals surface area contributed by atoms with Gasteiger partial charge >= 0.3 is 0 Å². The average molecular weight is 337 g/mol. The summed E-state index contributed by atoms with van der Waals surface area (Å²) in [6, 6.07) is 6.01. The molecule has 1 saturated heterocycles. The molecule has 0 bridgehead atoms. The first-order chi connectivity index (χ1) is 11.4. The van der Waals surface area contributed by atoms with Gasteiger partial charge in [-0.05, 0) is 45.5 Å². The van der Waals surface area contributed by atoms with Crippen LogP contribution in [0.5, 0.6) is 5.75 Å². The van der Waals surface area contributed by atoms with Crippen LogP contribution in [-0.2, 0) is 0 Å². The molecule has 134 valence electrons. The smallest absolute Gasteiger partial charge is 0.273 e. The Balaban J connectivity index is 1.73. The zero-order chi connectivity index (χ0) is 17.5. The summed E-state index contributed by atoms with van der Waals surface area (Å²) in [7, 11) is 4.15. The molecule has 7 nitrogen and oxygen atoms in total. The van der Waals surface area contributed by atoms with Gasteiger partial charge in [0.1, 0.15) is 18.5 Å². The van der Waals surface area contributed by atoms with E-state index in [9.17, 15) is 15.2 Å². The monoisotopic (exact) mass is 337 g/mol. The first-order valence-electron chi connectivity index (χ1n) is 8.36. The molecule has 2 atom stereocenters. The van der Waals surface area contributed by atoms with E-state index in [1.54, 1.807) is 12.1 Å². The Morgan fingerprint density at radius 3 is 3.04 bits per heavy atom. The number of rotatable bonds is 8. The van der Waals surface area contributed by atoms with E-state index in [1.165, 1.54) is 31.5 Å². The molecule has 24 heavy (non-hydrogen) atoms. The minimum absolute atomic E-state index is 0.0134. The number of non-ortho nitro benzene ring substituents is 1. The fourth-order valence-electron chi connectivity index (χ4n) is 3.23. The van der Waals surface area contributed by atoms with Gasteiger partial charge in [-0.15, -0.1) is 0 Å². The van der Waals surface area contributed by atoms with Crippen LogP contribution in [0, 0.1) is 16.0 Å². The number of nitro groups is 1. The molecular weight excluding hydrogens is 310 g/mol. The molecule has 1 aliphatic rings. The summed E-state index contributed by atoms with van der Waals surface area (Å²) in [6.45, 7) is 3.87. The van der Waals surface area contributed by atoms with Gasteiger partial charge in [0.05, 0.1) is 11.0 Å². The lowest BCUT2D eigenvalue weighted by molar-refractivity contribution is -0.384. The van der Waals surface area contributed by atoms with Crippen LogP contribution < -0.4 is 4.74 Å². The number of likely N-dealkylation sites (N-methyl/N-ethyl adjacent to an activating group) is 1. The van der Waals surface area contributed by atoms with Crippen molar-refractivity contribution >= 4 is 5.69 Å². The average Bonchev–Trinajstić information content (AvgIpc) is 2.53. The van der Waals surface area contributed by atoms with Crippen molar-refractivity contribution in [3.8, 4) is 5.75 Å². The molecular formula is C17H27N3O4. The van der Waals surface area contributed by atoms with Gasteiger partial charge in [-0.2, -0.15) is 0 Å². The normalized spacial score (nSPS) is 20.1. The highest BCUT2D eigenvalue weighted by atomic mass is 16.6. The molecule has 0 spiro atoms. The predicted octanol–water partition coefficient (Wildman–Crippen LogP) is 1.61. The summed E-state index contributed by atoms with van der Waals surface area (Å²) in [5.41, 5.74) is -0.0134. The minimum atomic E-state index is -0.629. The van der Waals surface area contributed by atoms with E-state index in [1.807, 2.05) is 7.05 Å². The van der Waals surface area contributed by atoms with Gasteiger partial charge in [-0.3, -0.25) is 10.1 Å². The third-order valence-corrected chi connectivity index (χ3v) is 4.29. The maximum absolute atomic E-state index is 10.7. The van der Waals surface area contributed by atoms with E-state index in [0.717, 1.165) is 13.1 Å². The SMILES string of the molecule is CN1CCCC(CN(C)CC(O)COc2cccc([N+](=O)[O-])c2)C1. The Morgan fingerprint density at radius 2 is 2.33 bits per heavy atom. The van der Waals surface area contributed by atoms with Crippen LogP contribution in [0.25, 0.3) is 0 Å². The Hall–Kier alpha value is -1.70.